The molecule has 0 aliphatic heterocycles. The molecule has 1 amide bonds. The molecule has 0 spiro atoms. The van der Waals surface area contributed by atoms with E-state index in [4.69, 9.17) is 4.74 Å². The van der Waals surface area contributed by atoms with Crippen LogP contribution in [0.3, 0.4) is 0 Å². The van der Waals surface area contributed by atoms with Gasteiger partial charge in [-0.1, -0.05) is 6.92 Å². The van der Waals surface area contributed by atoms with E-state index in [1.54, 1.807) is 14.0 Å². The number of nitrogens with one attached hydrogen (secondary N) is 1. The van der Waals surface area contributed by atoms with E-state index in [1.165, 1.54) is 23.7 Å². The van der Waals surface area contributed by atoms with E-state index < -0.39 is 5.97 Å². The third kappa shape index (κ3) is 5.06. The Morgan fingerprint density at radius 1 is 1.43 bits per heavy atom. The van der Waals surface area contributed by atoms with Crippen molar-refractivity contribution >= 4 is 17.7 Å². The van der Waals surface area contributed by atoms with Gasteiger partial charge in [-0.3, -0.25) is 14.4 Å². The quantitative estimate of drug-likeness (QED) is 0.700. The highest BCUT2D eigenvalue weighted by molar-refractivity contribution is 6.00. The van der Waals surface area contributed by atoms with Gasteiger partial charge in [0.05, 0.1) is 19.3 Å². The lowest BCUT2D eigenvalue weighted by Crippen LogP contribution is -2.35. The Labute approximate surface area is 137 Å². The Balaban J connectivity index is 1.98. The van der Waals surface area contributed by atoms with Crippen LogP contribution in [0.2, 0.25) is 0 Å². The molecule has 0 radical (unpaired) electrons. The van der Waals surface area contributed by atoms with Gasteiger partial charge in [-0.05, 0) is 38.6 Å². The highest BCUT2D eigenvalue weighted by Gasteiger charge is 2.25. The van der Waals surface area contributed by atoms with Crippen LogP contribution in [0.15, 0.2) is 6.20 Å². The van der Waals surface area contributed by atoms with E-state index in [-0.39, 0.29) is 18.1 Å². The van der Waals surface area contributed by atoms with E-state index in [2.05, 4.69) is 22.2 Å². The number of aryl methyl sites for hydroxylation is 1. The van der Waals surface area contributed by atoms with Crippen molar-refractivity contribution in [2.75, 3.05) is 31.6 Å². The molecule has 1 aromatic rings. The lowest BCUT2D eigenvalue weighted by atomic mass is 10.3. The molecule has 7 nitrogen and oxygen atoms in total. The third-order valence-electron chi connectivity index (χ3n) is 3.81. The average Bonchev–Trinajstić information content (AvgIpc) is 3.23. The molecular weight excluding hydrogens is 296 g/mol. The van der Waals surface area contributed by atoms with E-state index >= 15 is 0 Å². The van der Waals surface area contributed by atoms with E-state index in [0.717, 1.165) is 25.4 Å². The van der Waals surface area contributed by atoms with Crippen LogP contribution < -0.4 is 5.32 Å². The fourth-order valence-corrected chi connectivity index (χ4v) is 2.54. The van der Waals surface area contributed by atoms with Crippen LogP contribution in [-0.2, 0) is 16.6 Å². The SMILES string of the molecule is CCCN(CC(=O)Nc1c(C(=O)OCC)cnn1C)CC1CC1. The van der Waals surface area contributed by atoms with Crippen molar-refractivity contribution in [2.24, 2.45) is 13.0 Å². The number of ether oxygens (including phenoxy) is 1. The lowest BCUT2D eigenvalue weighted by Gasteiger charge is -2.21. The number of nitrogens with zero attached hydrogens (tertiary/aromatic N) is 3. The summed E-state index contributed by atoms with van der Waals surface area (Å²) in [4.78, 5) is 26.4. The van der Waals surface area contributed by atoms with Crippen LogP contribution in [0.5, 0.6) is 0 Å². The zero-order valence-electron chi connectivity index (χ0n) is 14.2. The van der Waals surface area contributed by atoms with Gasteiger partial charge in [0.1, 0.15) is 11.4 Å². The summed E-state index contributed by atoms with van der Waals surface area (Å²) in [5.41, 5.74) is 0.284. The molecule has 1 N–H and O–H groups in total. The van der Waals surface area contributed by atoms with Crippen LogP contribution >= 0.6 is 0 Å². The molecule has 0 saturated heterocycles. The number of hydrogen-bond acceptors (Lipinski definition) is 5. The summed E-state index contributed by atoms with van der Waals surface area (Å²) in [6.45, 7) is 6.34. The fourth-order valence-electron chi connectivity index (χ4n) is 2.54. The first-order valence-electron chi connectivity index (χ1n) is 8.26. The molecule has 1 aromatic heterocycles. The van der Waals surface area contributed by atoms with Crippen molar-refractivity contribution in [3.63, 3.8) is 0 Å². The maximum atomic E-state index is 12.3. The number of hydrogen-bond donors (Lipinski definition) is 1. The summed E-state index contributed by atoms with van der Waals surface area (Å²) in [6.07, 6.45) is 4.95. The summed E-state index contributed by atoms with van der Waals surface area (Å²) in [5.74, 6) is 0.519. The van der Waals surface area contributed by atoms with E-state index in [1.807, 2.05) is 0 Å². The van der Waals surface area contributed by atoms with Gasteiger partial charge in [-0.25, -0.2) is 4.79 Å². The molecule has 23 heavy (non-hydrogen) atoms. The molecule has 1 heterocycles. The van der Waals surface area contributed by atoms with Gasteiger partial charge >= 0.3 is 5.97 Å². The average molecular weight is 322 g/mol. The predicted molar refractivity (Wildman–Crippen MR) is 87.2 cm³/mol. The zero-order valence-corrected chi connectivity index (χ0v) is 14.2. The first-order chi connectivity index (χ1) is 11.0. The second kappa shape index (κ2) is 8.10. The maximum Gasteiger partial charge on any atom is 0.343 e. The molecule has 0 aromatic carbocycles. The number of rotatable bonds is 9. The monoisotopic (exact) mass is 322 g/mol. The van der Waals surface area contributed by atoms with Gasteiger partial charge in [0.15, 0.2) is 0 Å². The smallest absolute Gasteiger partial charge is 0.343 e. The summed E-state index contributed by atoms with van der Waals surface area (Å²) in [6, 6.07) is 0. The van der Waals surface area contributed by atoms with Crippen LogP contribution in [-0.4, -0.2) is 52.8 Å². The van der Waals surface area contributed by atoms with Gasteiger partial charge in [0.25, 0.3) is 0 Å². The Kier molecular flexibility index (Phi) is 6.15. The van der Waals surface area contributed by atoms with Crippen LogP contribution in [0.4, 0.5) is 5.82 Å². The second-order valence-electron chi connectivity index (χ2n) is 5.98. The highest BCUT2D eigenvalue weighted by atomic mass is 16.5. The molecule has 128 valence electrons. The van der Waals surface area contributed by atoms with Gasteiger partial charge < -0.3 is 10.1 Å². The fraction of sp³-hybridized carbons (Fsp3) is 0.688. The predicted octanol–water partition coefficient (Wildman–Crippen LogP) is 1.66. The molecule has 7 heteroatoms. The summed E-state index contributed by atoms with van der Waals surface area (Å²) < 4.78 is 6.47. The number of esters is 1. The molecule has 1 aliphatic carbocycles. The minimum atomic E-state index is -0.473. The number of carbonyl (C=O) groups excluding carboxylic acids is 2. The van der Waals surface area contributed by atoms with Crippen molar-refractivity contribution in [3.05, 3.63) is 11.8 Å². The second-order valence-corrected chi connectivity index (χ2v) is 5.98. The first kappa shape index (κ1) is 17.5. The van der Waals surface area contributed by atoms with Gasteiger partial charge in [-0.2, -0.15) is 5.10 Å². The zero-order chi connectivity index (χ0) is 16.8. The van der Waals surface area contributed by atoms with E-state index in [0.29, 0.717) is 12.4 Å². The largest absolute Gasteiger partial charge is 0.462 e. The van der Waals surface area contributed by atoms with Gasteiger partial charge in [0.2, 0.25) is 5.91 Å². The Bertz CT molecular complexity index is 552. The molecule has 1 saturated carbocycles. The lowest BCUT2D eigenvalue weighted by molar-refractivity contribution is -0.117. The van der Waals surface area contributed by atoms with Crippen LogP contribution in [0, 0.1) is 5.92 Å². The first-order valence-corrected chi connectivity index (χ1v) is 8.26. The minimum Gasteiger partial charge on any atom is -0.462 e. The summed E-state index contributed by atoms with van der Waals surface area (Å²) in [7, 11) is 1.69. The van der Waals surface area contributed by atoms with Gasteiger partial charge in [-0.15, -0.1) is 0 Å². The molecule has 2 rings (SSSR count). The summed E-state index contributed by atoms with van der Waals surface area (Å²) in [5, 5.41) is 6.83. The maximum absolute atomic E-state index is 12.3. The Hall–Kier alpha value is -1.89. The highest BCUT2D eigenvalue weighted by Crippen LogP contribution is 2.29. The summed E-state index contributed by atoms with van der Waals surface area (Å²) >= 11 is 0. The van der Waals surface area contributed by atoms with Crippen molar-refractivity contribution in [1.82, 2.24) is 14.7 Å². The van der Waals surface area contributed by atoms with E-state index in [9.17, 15) is 9.59 Å². The van der Waals surface area contributed by atoms with Crippen molar-refractivity contribution in [1.29, 1.82) is 0 Å². The molecule has 0 atom stereocenters. The third-order valence-corrected chi connectivity index (χ3v) is 3.81. The topological polar surface area (TPSA) is 76.5 Å². The molecule has 0 unspecified atom stereocenters. The standard InChI is InChI=1S/C16H26N4O3/c1-4-8-20(10-12-6-7-12)11-14(21)18-15-13(9-17-19(15)3)16(22)23-5-2/h9,12H,4-8,10-11H2,1-3H3,(H,18,21). The normalized spacial score (nSPS) is 14.1. The Morgan fingerprint density at radius 2 is 2.17 bits per heavy atom. The number of carbonyl (C=O) groups is 2. The minimum absolute atomic E-state index is 0.131. The van der Waals surface area contributed by atoms with Gasteiger partial charge in [0, 0.05) is 13.6 Å². The molecule has 1 fully saturated rings. The Morgan fingerprint density at radius 3 is 2.78 bits per heavy atom. The van der Waals surface area contributed by atoms with Crippen LogP contribution in [0.25, 0.3) is 0 Å². The number of aromatic nitrogens is 2. The number of amides is 1. The van der Waals surface area contributed by atoms with Crippen molar-refractivity contribution < 1.29 is 14.3 Å². The molecular formula is C16H26N4O3. The van der Waals surface area contributed by atoms with Crippen LogP contribution in [0.1, 0.15) is 43.5 Å². The molecule has 0 bridgehead atoms. The molecule has 1 aliphatic rings. The van der Waals surface area contributed by atoms with Crippen molar-refractivity contribution in [3.8, 4) is 0 Å². The number of anilines is 1. The van der Waals surface area contributed by atoms with Crippen molar-refractivity contribution in [2.45, 2.75) is 33.1 Å².